The van der Waals surface area contributed by atoms with Gasteiger partial charge in [-0.2, -0.15) is 0 Å². The molecule has 1 atom stereocenters. The topological polar surface area (TPSA) is 38.3 Å². The van der Waals surface area contributed by atoms with Gasteiger partial charge in [0.05, 0.1) is 7.11 Å². The van der Waals surface area contributed by atoms with Crippen molar-refractivity contribution in [2.24, 2.45) is 0 Å². The van der Waals surface area contributed by atoms with Crippen LogP contribution in [0.5, 0.6) is 0 Å². The van der Waals surface area contributed by atoms with E-state index in [4.69, 9.17) is 16.3 Å². The lowest BCUT2D eigenvalue weighted by Gasteiger charge is -2.14. The molecule has 1 aromatic carbocycles. The average Bonchev–Trinajstić information content (AvgIpc) is 2.43. The van der Waals surface area contributed by atoms with E-state index in [1.54, 1.807) is 0 Å². The van der Waals surface area contributed by atoms with Crippen molar-refractivity contribution in [3.63, 3.8) is 0 Å². The van der Waals surface area contributed by atoms with Crippen molar-refractivity contribution in [3.05, 3.63) is 46.5 Å². The second kappa shape index (κ2) is 7.97. The third-order valence-corrected chi connectivity index (χ3v) is 3.32. The van der Waals surface area contributed by atoms with Crippen molar-refractivity contribution in [2.75, 3.05) is 13.7 Å². The van der Waals surface area contributed by atoms with Gasteiger partial charge in [0.2, 0.25) is 0 Å². The molecular formula is C15H20ClNO2. The number of rotatable bonds is 6. The quantitative estimate of drug-likeness (QED) is 0.641. The number of hydrogen-bond donors (Lipinski definition) is 1. The molecule has 0 aliphatic carbocycles. The molecular weight excluding hydrogens is 262 g/mol. The molecule has 0 fully saturated rings. The number of carbonyl (C=O) groups is 1. The Morgan fingerprint density at radius 2 is 2.16 bits per heavy atom. The van der Waals surface area contributed by atoms with E-state index in [-0.39, 0.29) is 12.0 Å². The minimum absolute atomic E-state index is 0.126. The Labute approximate surface area is 119 Å². The van der Waals surface area contributed by atoms with Crippen molar-refractivity contribution in [1.29, 1.82) is 0 Å². The van der Waals surface area contributed by atoms with Crippen LogP contribution < -0.4 is 5.32 Å². The maximum Gasteiger partial charge on any atom is 0.333 e. The van der Waals surface area contributed by atoms with E-state index in [1.165, 1.54) is 7.11 Å². The fourth-order valence-corrected chi connectivity index (χ4v) is 2.10. The minimum Gasteiger partial charge on any atom is -0.466 e. The van der Waals surface area contributed by atoms with Gasteiger partial charge in [0.25, 0.3) is 0 Å². The SMILES string of the molecule is CC/C(=C/CN[C@H](C)c1ccccc1Cl)C(=O)OC. The lowest BCUT2D eigenvalue weighted by Crippen LogP contribution is -2.20. The Morgan fingerprint density at radius 3 is 2.74 bits per heavy atom. The molecule has 0 aromatic heterocycles. The molecule has 104 valence electrons. The molecule has 19 heavy (non-hydrogen) atoms. The van der Waals surface area contributed by atoms with Crippen molar-refractivity contribution >= 4 is 17.6 Å². The van der Waals surface area contributed by atoms with Crippen LogP contribution >= 0.6 is 11.6 Å². The Balaban J connectivity index is 2.60. The normalized spacial score (nSPS) is 13.2. The summed E-state index contributed by atoms with van der Waals surface area (Å²) in [6, 6.07) is 7.86. The Kier molecular flexibility index (Phi) is 6.60. The molecule has 0 aliphatic rings. The third-order valence-electron chi connectivity index (χ3n) is 2.97. The van der Waals surface area contributed by atoms with Gasteiger partial charge in [-0.05, 0) is 25.0 Å². The highest BCUT2D eigenvalue weighted by atomic mass is 35.5. The highest BCUT2D eigenvalue weighted by Gasteiger charge is 2.09. The van der Waals surface area contributed by atoms with Crippen LogP contribution in [0.4, 0.5) is 0 Å². The predicted molar refractivity (Wildman–Crippen MR) is 78.3 cm³/mol. The van der Waals surface area contributed by atoms with E-state index in [2.05, 4.69) is 5.32 Å². The molecule has 0 saturated heterocycles. The van der Waals surface area contributed by atoms with Crippen LogP contribution in [0.15, 0.2) is 35.9 Å². The summed E-state index contributed by atoms with van der Waals surface area (Å²) in [5.41, 5.74) is 1.73. The number of methoxy groups -OCH3 is 1. The van der Waals surface area contributed by atoms with E-state index in [1.807, 2.05) is 44.2 Å². The largest absolute Gasteiger partial charge is 0.466 e. The molecule has 1 N–H and O–H groups in total. The fraction of sp³-hybridized carbons (Fsp3) is 0.400. The highest BCUT2D eigenvalue weighted by molar-refractivity contribution is 6.31. The molecule has 0 radical (unpaired) electrons. The zero-order chi connectivity index (χ0) is 14.3. The zero-order valence-corrected chi connectivity index (χ0v) is 12.3. The molecule has 4 heteroatoms. The maximum atomic E-state index is 11.4. The summed E-state index contributed by atoms with van der Waals surface area (Å²) in [5.74, 6) is -0.269. The van der Waals surface area contributed by atoms with Gasteiger partial charge >= 0.3 is 5.97 Å². The van der Waals surface area contributed by atoms with Gasteiger partial charge < -0.3 is 10.1 Å². The third kappa shape index (κ3) is 4.69. The summed E-state index contributed by atoms with van der Waals surface area (Å²) in [6.07, 6.45) is 2.52. The number of nitrogens with one attached hydrogen (secondary N) is 1. The highest BCUT2D eigenvalue weighted by Crippen LogP contribution is 2.21. The lowest BCUT2D eigenvalue weighted by atomic mass is 10.1. The van der Waals surface area contributed by atoms with Crippen molar-refractivity contribution < 1.29 is 9.53 Å². The molecule has 0 bridgehead atoms. The standard InChI is InChI=1S/C15H20ClNO2/c1-4-12(15(18)19-3)9-10-17-11(2)13-7-5-6-8-14(13)16/h5-9,11,17H,4,10H2,1-3H3/b12-9-/t11-/m1/s1. The van der Waals surface area contributed by atoms with Crippen molar-refractivity contribution in [2.45, 2.75) is 26.3 Å². The summed E-state index contributed by atoms with van der Waals surface area (Å²) in [6.45, 7) is 4.57. The molecule has 0 spiro atoms. The summed E-state index contributed by atoms with van der Waals surface area (Å²) in [5, 5.41) is 4.06. The first-order valence-corrected chi connectivity index (χ1v) is 6.73. The van der Waals surface area contributed by atoms with Gasteiger partial charge in [0.1, 0.15) is 0 Å². The van der Waals surface area contributed by atoms with Gasteiger partial charge in [0, 0.05) is 23.2 Å². The summed E-state index contributed by atoms with van der Waals surface area (Å²) < 4.78 is 4.71. The van der Waals surface area contributed by atoms with E-state index < -0.39 is 0 Å². The van der Waals surface area contributed by atoms with Crippen LogP contribution in [0, 0.1) is 0 Å². The van der Waals surface area contributed by atoms with Gasteiger partial charge in [-0.3, -0.25) is 0 Å². The van der Waals surface area contributed by atoms with Gasteiger partial charge in [-0.15, -0.1) is 0 Å². The van der Waals surface area contributed by atoms with Crippen molar-refractivity contribution in [3.8, 4) is 0 Å². The van der Waals surface area contributed by atoms with Crippen LogP contribution in [-0.2, 0) is 9.53 Å². The molecule has 1 rings (SSSR count). The van der Waals surface area contributed by atoms with Crippen LogP contribution in [0.1, 0.15) is 31.9 Å². The molecule has 0 saturated carbocycles. The van der Waals surface area contributed by atoms with Gasteiger partial charge in [-0.1, -0.05) is 42.8 Å². The Morgan fingerprint density at radius 1 is 1.47 bits per heavy atom. The number of benzene rings is 1. The number of carbonyl (C=O) groups excluding carboxylic acids is 1. The van der Waals surface area contributed by atoms with Crippen LogP contribution in [0.25, 0.3) is 0 Å². The molecule has 0 heterocycles. The molecule has 1 aromatic rings. The van der Waals surface area contributed by atoms with E-state index in [0.29, 0.717) is 18.5 Å². The van der Waals surface area contributed by atoms with E-state index in [9.17, 15) is 4.79 Å². The number of hydrogen-bond acceptors (Lipinski definition) is 3. The fourth-order valence-electron chi connectivity index (χ4n) is 1.80. The second-order valence-corrected chi connectivity index (χ2v) is 4.63. The van der Waals surface area contributed by atoms with E-state index >= 15 is 0 Å². The van der Waals surface area contributed by atoms with Crippen LogP contribution in [0.2, 0.25) is 5.02 Å². The van der Waals surface area contributed by atoms with Gasteiger partial charge in [0.15, 0.2) is 0 Å². The minimum atomic E-state index is -0.269. The first kappa shape index (κ1) is 15.7. The predicted octanol–water partition coefficient (Wildman–Crippen LogP) is 3.50. The lowest BCUT2D eigenvalue weighted by molar-refractivity contribution is -0.136. The summed E-state index contributed by atoms with van der Waals surface area (Å²) in [7, 11) is 1.39. The first-order valence-electron chi connectivity index (χ1n) is 6.35. The second-order valence-electron chi connectivity index (χ2n) is 4.23. The molecule has 0 aliphatic heterocycles. The monoisotopic (exact) mass is 281 g/mol. The average molecular weight is 282 g/mol. The van der Waals surface area contributed by atoms with Crippen molar-refractivity contribution in [1.82, 2.24) is 5.32 Å². The Hall–Kier alpha value is -1.32. The van der Waals surface area contributed by atoms with Crippen LogP contribution in [-0.4, -0.2) is 19.6 Å². The van der Waals surface area contributed by atoms with Gasteiger partial charge in [-0.25, -0.2) is 4.79 Å². The molecule has 0 unspecified atom stereocenters. The Bertz CT molecular complexity index is 457. The maximum absolute atomic E-state index is 11.4. The van der Waals surface area contributed by atoms with E-state index in [0.717, 1.165) is 10.6 Å². The first-order chi connectivity index (χ1) is 9.10. The summed E-state index contributed by atoms with van der Waals surface area (Å²) in [4.78, 5) is 11.4. The van der Waals surface area contributed by atoms with Crippen LogP contribution in [0.3, 0.4) is 0 Å². The molecule has 3 nitrogen and oxygen atoms in total. The number of halogens is 1. The smallest absolute Gasteiger partial charge is 0.333 e. The molecule has 0 amide bonds. The number of esters is 1. The zero-order valence-electron chi connectivity index (χ0n) is 11.6. The number of ether oxygens (including phenoxy) is 1. The summed E-state index contributed by atoms with van der Waals surface area (Å²) >= 11 is 6.13.